The van der Waals surface area contributed by atoms with Crippen LogP contribution in [0.1, 0.15) is 22.8 Å². The van der Waals surface area contributed by atoms with E-state index < -0.39 is 0 Å². The maximum absolute atomic E-state index is 13.2. The second-order valence-electron chi connectivity index (χ2n) is 7.88. The maximum Gasteiger partial charge on any atom is 0.268 e. The molecular weight excluding hydrogens is 466 g/mol. The number of benzene rings is 2. The molecule has 2 aromatic carbocycles. The van der Waals surface area contributed by atoms with Crippen molar-refractivity contribution in [3.05, 3.63) is 82.4 Å². The fourth-order valence-electron chi connectivity index (χ4n) is 3.64. The van der Waals surface area contributed by atoms with E-state index in [1.807, 2.05) is 30.3 Å². The van der Waals surface area contributed by atoms with E-state index in [1.165, 1.54) is 29.2 Å². The summed E-state index contributed by atoms with van der Waals surface area (Å²) < 4.78 is 6.73. The highest BCUT2D eigenvalue weighted by Gasteiger charge is 2.21. The van der Waals surface area contributed by atoms with E-state index in [-0.39, 0.29) is 23.8 Å². The van der Waals surface area contributed by atoms with Crippen LogP contribution in [0.15, 0.2) is 70.2 Å². The fraction of sp³-hybridized carbons (Fsp3) is 0.120. The van der Waals surface area contributed by atoms with Gasteiger partial charge in [0.2, 0.25) is 11.7 Å². The van der Waals surface area contributed by atoms with Gasteiger partial charge in [0, 0.05) is 16.8 Å². The first-order valence-corrected chi connectivity index (χ1v) is 11.5. The molecule has 0 saturated heterocycles. The fourth-order valence-corrected chi connectivity index (χ4v) is 4.70. The number of ketones is 1. The van der Waals surface area contributed by atoms with E-state index in [0.29, 0.717) is 43.6 Å². The van der Waals surface area contributed by atoms with Crippen molar-refractivity contribution >= 4 is 38.9 Å². The van der Waals surface area contributed by atoms with Gasteiger partial charge in [-0.15, -0.1) is 11.3 Å². The third-order valence-electron chi connectivity index (χ3n) is 5.46. The number of hydrogen-bond donors (Lipinski definition) is 1. The lowest BCUT2D eigenvalue weighted by Gasteiger charge is -2.08. The minimum absolute atomic E-state index is 0.0591. The van der Waals surface area contributed by atoms with Crippen molar-refractivity contribution in [2.45, 2.75) is 20.4 Å². The van der Waals surface area contributed by atoms with Gasteiger partial charge in [-0.25, -0.2) is 4.98 Å². The van der Waals surface area contributed by atoms with Crippen molar-refractivity contribution in [2.75, 3.05) is 5.32 Å². The molecule has 3 aromatic heterocycles. The average molecular weight is 486 g/mol. The summed E-state index contributed by atoms with van der Waals surface area (Å²) in [6.45, 7) is 3.06. The highest BCUT2D eigenvalue weighted by atomic mass is 32.1. The summed E-state index contributed by atoms with van der Waals surface area (Å²) >= 11 is 1.28. The number of nitrogens with one attached hydrogen (secondary N) is 1. The summed E-state index contributed by atoms with van der Waals surface area (Å²) in [6.07, 6.45) is 1.35. The number of anilines is 1. The predicted octanol–water partition coefficient (Wildman–Crippen LogP) is 4.32. The molecule has 5 rings (SSSR count). The van der Waals surface area contributed by atoms with Gasteiger partial charge in [0.1, 0.15) is 11.4 Å². The van der Waals surface area contributed by atoms with E-state index in [2.05, 4.69) is 20.4 Å². The van der Waals surface area contributed by atoms with Gasteiger partial charge in [-0.2, -0.15) is 4.98 Å². The van der Waals surface area contributed by atoms with Crippen LogP contribution in [0.3, 0.4) is 0 Å². The minimum atomic E-state index is -0.388. The van der Waals surface area contributed by atoms with Crippen LogP contribution in [0.2, 0.25) is 0 Å². The summed E-state index contributed by atoms with van der Waals surface area (Å²) in [5.74, 6) is 0.315. The zero-order chi connectivity index (χ0) is 24.5. The Morgan fingerprint density at radius 3 is 2.54 bits per heavy atom. The molecule has 0 spiro atoms. The summed E-state index contributed by atoms with van der Waals surface area (Å²) in [6, 6.07) is 16.0. The van der Waals surface area contributed by atoms with Gasteiger partial charge in [0.15, 0.2) is 5.78 Å². The molecule has 0 saturated carbocycles. The van der Waals surface area contributed by atoms with Gasteiger partial charge < -0.3 is 9.84 Å². The van der Waals surface area contributed by atoms with Crippen LogP contribution in [0.25, 0.3) is 32.4 Å². The number of nitrogens with zero attached hydrogens (tertiary/aromatic N) is 4. The van der Waals surface area contributed by atoms with Crippen molar-refractivity contribution in [3.63, 3.8) is 0 Å². The Morgan fingerprint density at radius 1 is 1.09 bits per heavy atom. The van der Waals surface area contributed by atoms with Gasteiger partial charge >= 0.3 is 0 Å². The van der Waals surface area contributed by atoms with Crippen LogP contribution in [0.5, 0.6) is 0 Å². The smallest absolute Gasteiger partial charge is 0.268 e. The molecule has 174 valence electrons. The molecular formula is C25H19N5O4S. The minimum Gasteiger partial charge on any atom is -0.333 e. The molecule has 0 bridgehead atoms. The molecule has 0 aliphatic rings. The van der Waals surface area contributed by atoms with E-state index in [4.69, 9.17) is 4.52 Å². The summed E-state index contributed by atoms with van der Waals surface area (Å²) in [7, 11) is 0. The molecule has 0 fully saturated rings. The van der Waals surface area contributed by atoms with E-state index >= 15 is 0 Å². The van der Waals surface area contributed by atoms with Crippen molar-refractivity contribution in [3.8, 4) is 22.2 Å². The number of Topliss-reactive ketones (excluding diaryl/α,β-unsaturated/α-hetero) is 1. The summed E-state index contributed by atoms with van der Waals surface area (Å²) in [5.41, 5.74) is 2.24. The second-order valence-corrected chi connectivity index (χ2v) is 8.88. The maximum atomic E-state index is 13.2. The number of aryl methyl sites for hydroxylation is 1. The number of fused-ring (bicyclic) bond motifs is 1. The Kier molecular flexibility index (Phi) is 5.79. The Hall–Kier alpha value is -4.44. The lowest BCUT2D eigenvalue weighted by atomic mass is 10.1. The zero-order valence-corrected chi connectivity index (χ0v) is 19.6. The number of amides is 1. The van der Waals surface area contributed by atoms with E-state index in [1.54, 1.807) is 31.2 Å². The predicted molar refractivity (Wildman–Crippen MR) is 132 cm³/mol. The zero-order valence-electron chi connectivity index (χ0n) is 18.8. The van der Waals surface area contributed by atoms with E-state index in [9.17, 15) is 14.4 Å². The van der Waals surface area contributed by atoms with Crippen molar-refractivity contribution in [1.82, 2.24) is 19.7 Å². The second kappa shape index (κ2) is 9.07. The summed E-state index contributed by atoms with van der Waals surface area (Å²) in [5, 5.41) is 7.19. The number of hydrogen-bond acceptors (Lipinski definition) is 8. The number of rotatable bonds is 6. The Labute approximate surface area is 203 Å². The molecule has 0 aliphatic carbocycles. The quantitative estimate of drug-likeness (QED) is 0.356. The molecule has 0 atom stereocenters. The van der Waals surface area contributed by atoms with E-state index in [0.717, 1.165) is 5.56 Å². The largest absolute Gasteiger partial charge is 0.333 e. The van der Waals surface area contributed by atoms with Gasteiger partial charge in [-0.05, 0) is 43.7 Å². The van der Waals surface area contributed by atoms with Gasteiger partial charge in [-0.3, -0.25) is 19.0 Å². The third-order valence-corrected chi connectivity index (χ3v) is 6.65. The van der Waals surface area contributed by atoms with Gasteiger partial charge in [0.05, 0.1) is 16.6 Å². The van der Waals surface area contributed by atoms with Crippen molar-refractivity contribution in [2.24, 2.45) is 0 Å². The van der Waals surface area contributed by atoms with Crippen LogP contribution >= 0.6 is 11.3 Å². The molecule has 9 nitrogen and oxygen atoms in total. The highest BCUT2D eigenvalue weighted by Crippen LogP contribution is 2.35. The monoisotopic (exact) mass is 485 g/mol. The summed E-state index contributed by atoms with van der Waals surface area (Å²) in [4.78, 5) is 47.2. The average Bonchev–Trinajstić information content (AvgIpc) is 3.47. The SMILES string of the molecule is CC(=O)c1ccc(NC(=O)Cn2cnc3sc(-c4nc(-c5ccccc5)no4)c(C)c3c2=O)cc1. The number of carbonyl (C=O) groups is 2. The van der Waals surface area contributed by atoms with Crippen LogP contribution < -0.4 is 10.9 Å². The number of thiophene rings is 1. The Balaban J connectivity index is 1.40. The van der Waals surface area contributed by atoms with Crippen LogP contribution in [0, 0.1) is 6.92 Å². The number of aromatic nitrogens is 4. The van der Waals surface area contributed by atoms with Crippen LogP contribution in [-0.2, 0) is 11.3 Å². The standard InChI is InChI=1S/C25H19N5O4S/c1-14-20-24(35-21(14)23-28-22(29-34-23)17-6-4-3-5-7-17)26-13-30(25(20)33)12-19(32)27-18-10-8-16(9-11-18)15(2)31/h3-11,13H,12H2,1-2H3,(H,27,32). The Morgan fingerprint density at radius 2 is 1.83 bits per heavy atom. The molecule has 0 aliphatic heterocycles. The van der Waals surface area contributed by atoms with Gasteiger partial charge in [-0.1, -0.05) is 35.5 Å². The Bertz CT molecular complexity index is 1620. The molecule has 35 heavy (non-hydrogen) atoms. The normalized spacial score (nSPS) is 11.0. The first-order valence-electron chi connectivity index (χ1n) is 10.7. The highest BCUT2D eigenvalue weighted by molar-refractivity contribution is 7.22. The molecule has 5 aromatic rings. The van der Waals surface area contributed by atoms with Crippen LogP contribution in [-0.4, -0.2) is 31.4 Å². The molecule has 1 amide bonds. The van der Waals surface area contributed by atoms with Gasteiger partial charge in [0.25, 0.3) is 11.4 Å². The lowest BCUT2D eigenvalue weighted by Crippen LogP contribution is -2.27. The van der Waals surface area contributed by atoms with Crippen molar-refractivity contribution in [1.29, 1.82) is 0 Å². The molecule has 0 radical (unpaired) electrons. The molecule has 1 N–H and O–H groups in total. The molecule has 3 heterocycles. The third kappa shape index (κ3) is 4.38. The number of carbonyl (C=O) groups excluding carboxylic acids is 2. The van der Waals surface area contributed by atoms with Crippen LogP contribution in [0.4, 0.5) is 5.69 Å². The molecule has 10 heteroatoms. The lowest BCUT2D eigenvalue weighted by molar-refractivity contribution is -0.116. The first kappa shape index (κ1) is 22.4. The first-order chi connectivity index (χ1) is 16.9. The van der Waals surface area contributed by atoms with Crippen molar-refractivity contribution < 1.29 is 14.1 Å². The topological polar surface area (TPSA) is 120 Å². The molecule has 0 unspecified atom stereocenters.